The van der Waals surface area contributed by atoms with E-state index in [0.717, 1.165) is 0 Å². The zero-order chi connectivity index (χ0) is 14.8. The van der Waals surface area contributed by atoms with Crippen molar-refractivity contribution in [2.45, 2.75) is 19.0 Å². The van der Waals surface area contributed by atoms with E-state index in [-0.39, 0.29) is 11.4 Å². The number of hydrogen-bond acceptors (Lipinski definition) is 2. The van der Waals surface area contributed by atoms with Crippen LogP contribution < -0.4 is 10.1 Å². The lowest BCUT2D eigenvalue weighted by Crippen LogP contribution is -2.47. The average molecular weight is 283 g/mol. The summed E-state index contributed by atoms with van der Waals surface area (Å²) >= 11 is 0. The Hall–Kier alpha value is -1.86. The molecule has 0 aliphatic rings. The summed E-state index contributed by atoms with van der Waals surface area (Å²) < 4.78 is 66.3. The molecule has 0 radical (unpaired) electrons. The quantitative estimate of drug-likeness (QED) is 0.865. The first-order chi connectivity index (χ1) is 8.59. The van der Waals surface area contributed by atoms with Crippen molar-refractivity contribution < 1.29 is 31.5 Å². The molecule has 0 heterocycles. The third-order valence-corrected chi connectivity index (χ3v) is 2.25. The summed E-state index contributed by atoms with van der Waals surface area (Å²) in [5, 5.41) is 1.50. The molecule has 0 atom stereocenters. The SMILES string of the molecule is COc1cc(C)ccc1NC(=O)C(F)(F)C(F)(F)F. The third kappa shape index (κ3) is 3.12. The highest BCUT2D eigenvalue weighted by Gasteiger charge is 2.63. The van der Waals surface area contributed by atoms with Gasteiger partial charge in [0.15, 0.2) is 0 Å². The number of halogens is 5. The molecule has 1 amide bonds. The van der Waals surface area contributed by atoms with E-state index in [4.69, 9.17) is 4.74 Å². The molecule has 0 aliphatic carbocycles. The number of ether oxygens (including phenoxy) is 1. The Morgan fingerprint density at radius 1 is 1.21 bits per heavy atom. The molecular formula is C11H10F5NO2. The van der Waals surface area contributed by atoms with Gasteiger partial charge in [-0.25, -0.2) is 0 Å². The van der Waals surface area contributed by atoms with Crippen molar-refractivity contribution in [3.63, 3.8) is 0 Å². The van der Waals surface area contributed by atoms with Gasteiger partial charge in [0.25, 0.3) is 0 Å². The molecular weight excluding hydrogens is 273 g/mol. The lowest BCUT2D eigenvalue weighted by molar-refractivity contribution is -0.267. The van der Waals surface area contributed by atoms with Gasteiger partial charge in [0.2, 0.25) is 0 Å². The van der Waals surface area contributed by atoms with Crippen LogP contribution in [0.3, 0.4) is 0 Å². The summed E-state index contributed by atoms with van der Waals surface area (Å²) in [6.45, 7) is 1.67. The van der Waals surface area contributed by atoms with Gasteiger partial charge in [-0.15, -0.1) is 0 Å². The second kappa shape index (κ2) is 5.02. The fourth-order valence-corrected chi connectivity index (χ4v) is 1.23. The highest BCUT2D eigenvalue weighted by molar-refractivity contribution is 5.97. The summed E-state index contributed by atoms with van der Waals surface area (Å²) in [6.07, 6.45) is -5.95. The Labute approximate surface area is 105 Å². The van der Waals surface area contributed by atoms with Crippen molar-refractivity contribution in [3.05, 3.63) is 23.8 Å². The minimum atomic E-state index is -5.95. The van der Waals surface area contributed by atoms with Gasteiger partial charge < -0.3 is 10.1 Å². The Balaban J connectivity index is 3.01. The second-order valence-corrected chi connectivity index (χ2v) is 3.73. The summed E-state index contributed by atoms with van der Waals surface area (Å²) in [4.78, 5) is 11.0. The smallest absolute Gasteiger partial charge is 0.463 e. The molecule has 0 saturated carbocycles. The lowest BCUT2D eigenvalue weighted by Gasteiger charge is -2.19. The predicted molar refractivity (Wildman–Crippen MR) is 57.4 cm³/mol. The van der Waals surface area contributed by atoms with Gasteiger partial charge in [0, 0.05) is 0 Å². The highest BCUT2D eigenvalue weighted by Crippen LogP contribution is 2.37. The van der Waals surface area contributed by atoms with Crippen molar-refractivity contribution in [2.24, 2.45) is 0 Å². The van der Waals surface area contributed by atoms with Gasteiger partial charge in [0.1, 0.15) is 5.75 Å². The molecule has 3 nitrogen and oxygen atoms in total. The number of nitrogens with one attached hydrogen (secondary N) is 1. The van der Waals surface area contributed by atoms with Crippen LogP contribution in [-0.4, -0.2) is 25.1 Å². The molecule has 8 heteroatoms. The van der Waals surface area contributed by atoms with E-state index in [9.17, 15) is 26.7 Å². The van der Waals surface area contributed by atoms with Crippen LogP contribution in [0.15, 0.2) is 18.2 Å². The first kappa shape index (κ1) is 15.2. The van der Waals surface area contributed by atoms with E-state index in [1.165, 1.54) is 30.6 Å². The van der Waals surface area contributed by atoms with Crippen LogP contribution in [-0.2, 0) is 4.79 Å². The van der Waals surface area contributed by atoms with Gasteiger partial charge in [-0.1, -0.05) is 6.07 Å². The second-order valence-electron chi connectivity index (χ2n) is 3.73. The van der Waals surface area contributed by atoms with Crippen molar-refractivity contribution in [1.29, 1.82) is 0 Å². The van der Waals surface area contributed by atoms with Crippen LogP contribution in [0.2, 0.25) is 0 Å². The third-order valence-electron chi connectivity index (χ3n) is 2.25. The number of methoxy groups -OCH3 is 1. The molecule has 0 bridgehead atoms. The Morgan fingerprint density at radius 2 is 1.79 bits per heavy atom. The van der Waals surface area contributed by atoms with Crippen LogP contribution in [0.1, 0.15) is 5.56 Å². The number of carbonyl (C=O) groups is 1. The summed E-state index contributed by atoms with van der Waals surface area (Å²) in [5.41, 5.74) is 0.430. The molecule has 106 valence electrons. The maximum Gasteiger partial charge on any atom is 0.463 e. The van der Waals surface area contributed by atoms with Crippen LogP contribution in [0.5, 0.6) is 5.75 Å². The van der Waals surface area contributed by atoms with Crippen molar-refractivity contribution >= 4 is 11.6 Å². The molecule has 19 heavy (non-hydrogen) atoms. The fraction of sp³-hybridized carbons (Fsp3) is 0.364. The highest BCUT2D eigenvalue weighted by atomic mass is 19.4. The molecule has 0 saturated heterocycles. The number of anilines is 1. The van der Waals surface area contributed by atoms with Crippen molar-refractivity contribution in [3.8, 4) is 5.75 Å². The van der Waals surface area contributed by atoms with Gasteiger partial charge in [-0.2, -0.15) is 22.0 Å². The monoisotopic (exact) mass is 283 g/mol. The lowest BCUT2D eigenvalue weighted by atomic mass is 10.2. The summed E-state index contributed by atoms with van der Waals surface area (Å²) in [7, 11) is 1.20. The molecule has 1 rings (SSSR count). The van der Waals surface area contributed by atoms with Crippen LogP contribution in [0.4, 0.5) is 27.6 Å². The maximum atomic E-state index is 12.7. The number of rotatable bonds is 3. The topological polar surface area (TPSA) is 38.3 Å². The normalized spacial score (nSPS) is 12.2. The van der Waals surface area contributed by atoms with E-state index >= 15 is 0 Å². The Kier molecular flexibility index (Phi) is 4.02. The molecule has 0 spiro atoms. The molecule has 0 aliphatic heterocycles. The molecule has 1 N–H and O–H groups in total. The Morgan fingerprint density at radius 3 is 2.26 bits per heavy atom. The van der Waals surface area contributed by atoms with Gasteiger partial charge >= 0.3 is 18.0 Å². The minimum absolute atomic E-state index is 0.00803. The van der Waals surface area contributed by atoms with E-state index in [0.29, 0.717) is 5.56 Å². The summed E-state index contributed by atoms with van der Waals surface area (Å²) in [6, 6.07) is 4.00. The molecule has 0 unspecified atom stereocenters. The Bertz CT molecular complexity index is 484. The maximum absolute atomic E-state index is 12.7. The van der Waals surface area contributed by atoms with Crippen LogP contribution in [0, 0.1) is 6.92 Å². The number of aryl methyl sites for hydroxylation is 1. The zero-order valence-electron chi connectivity index (χ0n) is 9.94. The molecule has 0 aromatic heterocycles. The molecule has 1 aromatic carbocycles. The van der Waals surface area contributed by atoms with Crippen molar-refractivity contribution in [2.75, 3.05) is 12.4 Å². The van der Waals surface area contributed by atoms with Crippen LogP contribution >= 0.6 is 0 Å². The van der Waals surface area contributed by atoms with Gasteiger partial charge in [0.05, 0.1) is 12.8 Å². The number of amides is 1. The number of hydrogen-bond donors (Lipinski definition) is 1. The zero-order valence-corrected chi connectivity index (χ0v) is 9.94. The van der Waals surface area contributed by atoms with E-state index in [2.05, 4.69) is 0 Å². The summed E-state index contributed by atoms with van der Waals surface area (Å²) in [5.74, 6) is -7.93. The number of alkyl halides is 5. The molecule has 0 fully saturated rings. The first-order valence-electron chi connectivity index (χ1n) is 5.00. The predicted octanol–water partition coefficient (Wildman–Crippen LogP) is 3.14. The van der Waals surface area contributed by atoms with E-state index in [1.54, 1.807) is 6.92 Å². The first-order valence-corrected chi connectivity index (χ1v) is 5.00. The largest absolute Gasteiger partial charge is 0.495 e. The van der Waals surface area contributed by atoms with Crippen LogP contribution in [0.25, 0.3) is 0 Å². The standard InChI is InChI=1S/C11H10F5NO2/c1-6-3-4-7(8(5-6)19-2)17-9(18)10(12,13)11(14,15)16/h3-5H,1-2H3,(H,17,18). The van der Waals surface area contributed by atoms with Gasteiger partial charge in [-0.05, 0) is 24.6 Å². The van der Waals surface area contributed by atoms with E-state index in [1.807, 2.05) is 0 Å². The fourth-order valence-electron chi connectivity index (χ4n) is 1.23. The van der Waals surface area contributed by atoms with Gasteiger partial charge in [-0.3, -0.25) is 4.79 Å². The number of carbonyl (C=O) groups excluding carboxylic acids is 1. The average Bonchev–Trinajstić information content (AvgIpc) is 2.29. The minimum Gasteiger partial charge on any atom is -0.495 e. The number of benzene rings is 1. The molecule has 1 aromatic rings. The van der Waals surface area contributed by atoms with E-state index < -0.39 is 18.0 Å². The van der Waals surface area contributed by atoms with Crippen molar-refractivity contribution in [1.82, 2.24) is 0 Å².